The van der Waals surface area contributed by atoms with Crippen LogP contribution < -0.4 is 14.6 Å². The van der Waals surface area contributed by atoms with Gasteiger partial charge in [0, 0.05) is 5.02 Å². The fourth-order valence-electron chi connectivity index (χ4n) is 1.63. The van der Waals surface area contributed by atoms with Crippen molar-refractivity contribution in [3.8, 4) is 11.5 Å². The maximum atomic E-state index is 11.1. The van der Waals surface area contributed by atoms with Crippen molar-refractivity contribution in [1.29, 1.82) is 0 Å². The van der Waals surface area contributed by atoms with Crippen molar-refractivity contribution < 1.29 is 17.9 Å². The first-order chi connectivity index (χ1) is 10.4. The molecule has 0 atom stereocenters. The summed E-state index contributed by atoms with van der Waals surface area (Å²) in [6, 6.07) is 11.1. The second-order valence-corrected chi connectivity index (χ2v) is 7.14. The lowest BCUT2D eigenvalue weighted by Gasteiger charge is -2.10. The monoisotopic (exact) mass is 405 g/mol. The molecule has 0 heterocycles. The molecule has 0 radical (unpaired) electrons. The Morgan fingerprint density at radius 1 is 1.05 bits per heavy atom. The highest BCUT2D eigenvalue weighted by Crippen LogP contribution is 2.27. The van der Waals surface area contributed by atoms with E-state index in [1.165, 1.54) is 24.3 Å². The van der Waals surface area contributed by atoms with Gasteiger partial charge in [0.25, 0.3) is 0 Å². The molecule has 0 aromatic heterocycles. The molecule has 0 bridgehead atoms. The summed E-state index contributed by atoms with van der Waals surface area (Å²) in [6.45, 7) is 0.640. The minimum atomic E-state index is -3.69. The third kappa shape index (κ3) is 4.88. The van der Waals surface area contributed by atoms with Crippen molar-refractivity contribution >= 4 is 37.6 Å². The van der Waals surface area contributed by atoms with Crippen LogP contribution in [0.4, 0.5) is 0 Å². The van der Waals surface area contributed by atoms with E-state index in [4.69, 9.17) is 26.2 Å². The maximum absolute atomic E-state index is 11.1. The molecule has 0 aliphatic rings. The van der Waals surface area contributed by atoms with Crippen LogP contribution in [0, 0.1) is 0 Å². The van der Waals surface area contributed by atoms with Gasteiger partial charge in [0.15, 0.2) is 0 Å². The number of halogens is 2. The first kappa shape index (κ1) is 17.1. The van der Waals surface area contributed by atoms with Crippen LogP contribution in [0.3, 0.4) is 0 Å². The van der Waals surface area contributed by atoms with Crippen LogP contribution in [0.25, 0.3) is 0 Å². The van der Waals surface area contributed by atoms with Crippen molar-refractivity contribution in [1.82, 2.24) is 0 Å². The Kier molecular flexibility index (Phi) is 5.69. The van der Waals surface area contributed by atoms with Crippen LogP contribution in [0.15, 0.2) is 51.8 Å². The van der Waals surface area contributed by atoms with Gasteiger partial charge in [-0.15, -0.1) is 0 Å². The van der Waals surface area contributed by atoms with Gasteiger partial charge in [-0.05, 0) is 58.4 Å². The Labute approximate surface area is 142 Å². The van der Waals surface area contributed by atoms with Gasteiger partial charge in [0.1, 0.15) is 24.7 Å². The molecule has 2 aromatic rings. The number of sulfonamides is 1. The van der Waals surface area contributed by atoms with E-state index in [2.05, 4.69) is 15.9 Å². The molecule has 0 amide bonds. The molecule has 118 valence electrons. The maximum Gasteiger partial charge on any atom is 0.238 e. The second kappa shape index (κ2) is 7.32. The van der Waals surface area contributed by atoms with E-state index in [1.807, 2.05) is 0 Å². The van der Waals surface area contributed by atoms with Gasteiger partial charge in [-0.3, -0.25) is 0 Å². The van der Waals surface area contributed by atoms with Crippen molar-refractivity contribution in [2.45, 2.75) is 4.90 Å². The normalized spacial score (nSPS) is 11.2. The highest BCUT2D eigenvalue weighted by atomic mass is 79.9. The average molecular weight is 407 g/mol. The van der Waals surface area contributed by atoms with E-state index in [1.54, 1.807) is 18.2 Å². The molecule has 2 aromatic carbocycles. The predicted octanol–water partition coefficient (Wildman–Crippen LogP) is 3.21. The number of benzene rings is 2. The van der Waals surface area contributed by atoms with E-state index >= 15 is 0 Å². The summed E-state index contributed by atoms with van der Waals surface area (Å²) < 4.78 is 34.0. The van der Waals surface area contributed by atoms with Crippen LogP contribution >= 0.6 is 27.5 Å². The SMILES string of the molecule is NS(=O)(=O)c1ccc(OCCOc2ccc(Cl)cc2Br)cc1. The Morgan fingerprint density at radius 2 is 1.68 bits per heavy atom. The molecule has 0 spiro atoms. The lowest BCUT2D eigenvalue weighted by Crippen LogP contribution is -2.12. The van der Waals surface area contributed by atoms with E-state index in [0.717, 1.165) is 4.47 Å². The molecule has 0 saturated carbocycles. The molecular formula is C14H13BrClNO4S. The Morgan fingerprint density at radius 3 is 2.27 bits per heavy atom. The Balaban J connectivity index is 1.84. The molecule has 8 heteroatoms. The first-order valence-corrected chi connectivity index (χ1v) is 8.91. The topological polar surface area (TPSA) is 78.6 Å². The lowest BCUT2D eigenvalue weighted by atomic mass is 10.3. The second-order valence-electron chi connectivity index (χ2n) is 4.29. The van der Waals surface area contributed by atoms with Crippen molar-refractivity contribution in [2.24, 2.45) is 5.14 Å². The van der Waals surface area contributed by atoms with Crippen LogP contribution in [0.2, 0.25) is 5.02 Å². The number of nitrogens with two attached hydrogens (primary N) is 1. The minimum Gasteiger partial charge on any atom is -0.490 e. The molecule has 0 fully saturated rings. The highest BCUT2D eigenvalue weighted by molar-refractivity contribution is 9.10. The minimum absolute atomic E-state index is 0.0428. The Hall–Kier alpha value is -1.28. The van der Waals surface area contributed by atoms with Crippen LogP contribution in [0.1, 0.15) is 0 Å². The van der Waals surface area contributed by atoms with Gasteiger partial charge in [0.05, 0.1) is 9.37 Å². The average Bonchev–Trinajstić information content (AvgIpc) is 2.45. The summed E-state index contributed by atoms with van der Waals surface area (Å²) in [5.74, 6) is 1.20. The van der Waals surface area contributed by atoms with Crippen LogP contribution in [-0.2, 0) is 10.0 Å². The summed E-state index contributed by atoms with van der Waals surface area (Å²) in [6.07, 6.45) is 0. The summed E-state index contributed by atoms with van der Waals surface area (Å²) in [5.41, 5.74) is 0. The first-order valence-electron chi connectivity index (χ1n) is 6.20. The van der Waals surface area contributed by atoms with Gasteiger partial charge in [-0.25, -0.2) is 13.6 Å². The number of hydrogen-bond acceptors (Lipinski definition) is 4. The van der Waals surface area contributed by atoms with E-state index in [-0.39, 0.29) is 4.90 Å². The zero-order valence-corrected chi connectivity index (χ0v) is 14.5. The van der Waals surface area contributed by atoms with Crippen molar-refractivity contribution in [3.05, 3.63) is 52.0 Å². The van der Waals surface area contributed by atoms with E-state index < -0.39 is 10.0 Å². The zero-order chi connectivity index (χ0) is 16.2. The molecule has 0 aliphatic carbocycles. The van der Waals surface area contributed by atoms with Crippen molar-refractivity contribution in [2.75, 3.05) is 13.2 Å². The number of rotatable bonds is 6. The van der Waals surface area contributed by atoms with Gasteiger partial charge >= 0.3 is 0 Å². The molecular weight excluding hydrogens is 394 g/mol. The summed E-state index contributed by atoms with van der Waals surface area (Å²) >= 11 is 9.19. The third-order valence-corrected chi connectivity index (χ3v) is 4.44. The number of primary sulfonamides is 1. The van der Waals surface area contributed by atoms with Gasteiger partial charge in [0.2, 0.25) is 10.0 Å². The smallest absolute Gasteiger partial charge is 0.238 e. The van der Waals surface area contributed by atoms with Gasteiger partial charge in [-0.2, -0.15) is 0 Å². The third-order valence-electron chi connectivity index (χ3n) is 2.66. The fourth-order valence-corrected chi connectivity index (χ4v) is 2.94. The quantitative estimate of drug-likeness (QED) is 0.747. The molecule has 0 aliphatic heterocycles. The molecule has 22 heavy (non-hydrogen) atoms. The molecule has 2 rings (SSSR count). The molecule has 2 N–H and O–H groups in total. The molecule has 0 unspecified atom stereocenters. The highest BCUT2D eigenvalue weighted by Gasteiger charge is 2.07. The Bertz CT molecular complexity index is 750. The van der Waals surface area contributed by atoms with E-state index in [9.17, 15) is 8.42 Å². The molecule has 5 nitrogen and oxygen atoms in total. The largest absolute Gasteiger partial charge is 0.490 e. The summed E-state index contributed by atoms with van der Waals surface area (Å²) in [4.78, 5) is 0.0428. The zero-order valence-electron chi connectivity index (χ0n) is 11.3. The number of ether oxygens (including phenoxy) is 2. The predicted molar refractivity (Wildman–Crippen MR) is 88.0 cm³/mol. The van der Waals surface area contributed by atoms with Crippen LogP contribution in [-0.4, -0.2) is 21.6 Å². The summed E-state index contributed by atoms with van der Waals surface area (Å²) in [7, 11) is -3.69. The fraction of sp³-hybridized carbons (Fsp3) is 0.143. The number of hydrogen-bond donors (Lipinski definition) is 1. The van der Waals surface area contributed by atoms with E-state index in [0.29, 0.717) is 29.7 Å². The van der Waals surface area contributed by atoms with Crippen molar-refractivity contribution in [3.63, 3.8) is 0 Å². The van der Waals surface area contributed by atoms with Crippen LogP contribution in [0.5, 0.6) is 11.5 Å². The standard InChI is InChI=1S/C14H13BrClNO4S/c15-13-9-10(16)1-6-14(13)21-8-7-20-11-2-4-12(5-3-11)22(17,18)19/h1-6,9H,7-8H2,(H2,17,18,19). The van der Waals surface area contributed by atoms with Gasteiger partial charge < -0.3 is 9.47 Å². The molecule has 0 saturated heterocycles. The summed E-state index contributed by atoms with van der Waals surface area (Å²) in [5, 5.41) is 5.63. The lowest BCUT2D eigenvalue weighted by molar-refractivity contribution is 0.216. The van der Waals surface area contributed by atoms with Gasteiger partial charge in [-0.1, -0.05) is 11.6 Å².